The summed E-state index contributed by atoms with van der Waals surface area (Å²) >= 11 is 6.22. The minimum Gasteiger partial charge on any atom is -0.495 e. The fourth-order valence-corrected chi connectivity index (χ4v) is 3.44. The van der Waals surface area contributed by atoms with Crippen molar-refractivity contribution in [1.29, 1.82) is 0 Å². The predicted molar refractivity (Wildman–Crippen MR) is 90.8 cm³/mol. The summed E-state index contributed by atoms with van der Waals surface area (Å²) in [5.41, 5.74) is 2.26. The molecule has 1 N–H and O–H groups in total. The number of halogens is 1. The summed E-state index contributed by atoms with van der Waals surface area (Å²) in [4.78, 5) is 2.46. The molecule has 3 nitrogen and oxygen atoms in total. The lowest BCUT2D eigenvalue weighted by Gasteiger charge is -2.44. The number of benzene rings is 1. The Morgan fingerprint density at radius 3 is 2.71 bits per heavy atom. The van der Waals surface area contributed by atoms with Crippen molar-refractivity contribution >= 4 is 17.3 Å². The molecule has 2 rings (SSSR count). The van der Waals surface area contributed by atoms with Crippen LogP contribution in [0.25, 0.3) is 0 Å². The molecule has 0 amide bonds. The van der Waals surface area contributed by atoms with Gasteiger partial charge in [0, 0.05) is 29.7 Å². The molecule has 1 aliphatic rings. The Hall–Kier alpha value is -0.930. The molecule has 118 valence electrons. The Morgan fingerprint density at radius 1 is 1.38 bits per heavy atom. The number of ether oxygens (including phenoxy) is 1. The maximum absolute atomic E-state index is 6.22. The second-order valence-corrected chi connectivity index (χ2v) is 6.43. The van der Waals surface area contributed by atoms with Crippen LogP contribution in [0.3, 0.4) is 0 Å². The zero-order valence-electron chi connectivity index (χ0n) is 13.7. The van der Waals surface area contributed by atoms with Crippen LogP contribution in [0, 0.1) is 12.8 Å². The Kier molecular flexibility index (Phi) is 5.39. The Labute approximate surface area is 133 Å². The maximum atomic E-state index is 6.22. The monoisotopic (exact) mass is 310 g/mol. The lowest BCUT2D eigenvalue weighted by molar-refractivity contribution is 0.272. The van der Waals surface area contributed by atoms with Crippen molar-refractivity contribution in [3.05, 3.63) is 22.7 Å². The van der Waals surface area contributed by atoms with E-state index in [4.69, 9.17) is 16.3 Å². The molecule has 21 heavy (non-hydrogen) atoms. The molecular formula is C17H27ClN2O. The number of nitrogens with zero attached hydrogens (tertiary/aromatic N) is 1. The summed E-state index contributed by atoms with van der Waals surface area (Å²) in [6.45, 7) is 10.9. The molecule has 0 spiro atoms. The van der Waals surface area contributed by atoms with Crippen molar-refractivity contribution < 1.29 is 4.74 Å². The normalized spacial score (nSPS) is 26.0. The lowest BCUT2D eigenvalue weighted by Crippen LogP contribution is -2.53. The van der Waals surface area contributed by atoms with Gasteiger partial charge in [0.05, 0.1) is 12.8 Å². The number of rotatable bonds is 4. The topological polar surface area (TPSA) is 24.5 Å². The third kappa shape index (κ3) is 3.29. The van der Waals surface area contributed by atoms with Gasteiger partial charge in [0.25, 0.3) is 0 Å². The third-order valence-corrected chi connectivity index (χ3v) is 5.21. The number of anilines is 1. The van der Waals surface area contributed by atoms with E-state index in [2.05, 4.69) is 37.1 Å². The van der Waals surface area contributed by atoms with E-state index in [1.54, 1.807) is 7.11 Å². The van der Waals surface area contributed by atoms with Crippen molar-refractivity contribution in [3.8, 4) is 5.75 Å². The molecule has 0 saturated carbocycles. The maximum Gasteiger partial charge on any atom is 0.143 e. The van der Waals surface area contributed by atoms with Gasteiger partial charge in [0.15, 0.2) is 0 Å². The van der Waals surface area contributed by atoms with E-state index in [0.29, 0.717) is 18.0 Å². The van der Waals surface area contributed by atoms with Crippen LogP contribution >= 0.6 is 11.6 Å². The van der Waals surface area contributed by atoms with Gasteiger partial charge in [-0.3, -0.25) is 0 Å². The fraction of sp³-hybridized carbons (Fsp3) is 0.647. The Bertz CT molecular complexity index is 492. The average Bonchev–Trinajstić information content (AvgIpc) is 2.47. The Morgan fingerprint density at radius 2 is 2.10 bits per heavy atom. The van der Waals surface area contributed by atoms with E-state index in [1.165, 1.54) is 0 Å². The van der Waals surface area contributed by atoms with Crippen LogP contribution in [0.1, 0.15) is 32.8 Å². The average molecular weight is 311 g/mol. The number of hydrogen-bond acceptors (Lipinski definition) is 3. The molecule has 1 aliphatic heterocycles. The van der Waals surface area contributed by atoms with Crippen molar-refractivity contribution in [2.24, 2.45) is 5.92 Å². The van der Waals surface area contributed by atoms with E-state index in [9.17, 15) is 0 Å². The van der Waals surface area contributed by atoms with Crippen molar-refractivity contribution in [1.82, 2.24) is 5.32 Å². The molecule has 1 saturated heterocycles. The Balaban J connectivity index is 2.28. The summed E-state index contributed by atoms with van der Waals surface area (Å²) in [6.07, 6.45) is 1.16. The highest BCUT2D eigenvalue weighted by atomic mass is 35.5. The summed E-state index contributed by atoms with van der Waals surface area (Å²) in [5.74, 6) is 1.46. The van der Waals surface area contributed by atoms with Crippen LogP contribution in [0.15, 0.2) is 12.1 Å². The molecular weight excluding hydrogens is 284 g/mol. The van der Waals surface area contributed by atoms with Gasteiger partial charge in [-0.25, -0.2) is 0 Å². The van der Waals surface area contributed by atoms with E-state index < -0.39 is 0 Å². The van der Waals surface area contributed by atoms with Gasteiger partial charge < -0.3 is 15.0 Å². The van der Waals surface area contributed by atoms with Gasteiger partial charge in [-0.2, -0.15) is 0 Å². The largest absolute Gasteiger partial charge is 0.495 e. The minimum atomic E-state index is 0.470. The minimum absolute atomic E-state index is 0.470. The fourth-order valence-electron chi connectivity index (χ4n) is 3.29. The molecule has 0 radical (unpaired) electrons. The number of piperidine rings is 1. The summed E-state index contributed by atoms with van der Waals surface area (Å²) in [5, 5.41) is 4.37. The van der Waals surface area contributed by atoms with Gasteiger partial charge in [0.2, 0.25) is 0 Å². The first-order valence-corrected chi connectivity index (χ1v) is 8.21. The van der Waals surface area contributed by atoms with Gasteiger partial charge >= 0.3 is 0 Å². The first-order valence-electron chi connectivity index (χ1n) is 7.83. The summed E-state index contributed by atoms with van der Waals surface area (Å²) in [7, 11) is 1.71. The van der Waals surface area contributed by atoms with E-state index in [-0.39, 0.29) is 0 Å². The highest BCUT2D eigenvalue weighted by Gasteiger charge is 2.33. The van der Waals surface area contributed by atoms with Crippen LogP contribution in [-0.4, -0.2) is 32.3 Å². The van der Waals surface area contributed by atoms with E-state index >= 15 is 0 Å². The lowest BCUT2D eigenvalue weighted by atomic mass is 9.86. The highest BCUT2D eigenvalue weighted by Crippen LogP contribution is 2.38. The smallest absolute Gasteiger partial charge is 0.143 e. The second kappa shape index (κ2) is 6.89. The molecule has 0 aliphatic carbocycles. The van der Waals surface area contributed by atoms with E-state index in [0.717, 1.165) is 41.5 Å². The van der Waals surface area contributed by atoms with Crippen LogP contribution in [0.5, 0.6) is 5.75 Å². The van der Waals surface area contributed by atoms with Crippen LogP contribution < -0.4 is 15.0 Å². The second-order valence-electron chi connectivity index (χ2n) is 6.02. The molecule has 0 bridgehead atoms. The number of methoxy groups -OCH3 is 1. The van der Waals surface area contributed by atoms with Gasteiger partial charge in [-0.05, 0) is 44.4 Å². The molecule has 1 heterocycles. The number of nitrogens with one attached hydrogen (secondary N) is 1. The molecule has 3 unspecified atom stereocenters. The van der Waals surface area contributed by atoms with Gasteiger partial charge in [-0.15, -0.1) is 0 Å². The third-order valence-electron chi connectivity index (χ3n) is 4.80. The molecule has 4 heteroatoms. The van der Waals surface area contributed by atoms with Crippen LogP contribution in [-0.2, 0) is 0 Å². The molecule has 1 fully saturated rings. The molecule has 1 aromatic carbocycles. The van der Waals surface area contributed by atoms with Crippen LogP contribution in [0.2, 0.25) is 5.02 Å². The zero-order valence-corrected chi connectivity index (χ0v) is 14.5. The molecule has 1 aromatic rings. The summed E-state index contributed by atoms with van der Waals surface area (Å²) in [6, 6.07) is 5.15. The zero-order chi connectivity index (χ0) is 15.6. The van der Waals surface area contributed by atoms with Crippen LogP contribution in [0.4, 0.5) is 5.69 Å². The standard InChI is InChI=1S/C17H27ClN2O/c1-6-19-15-7-8-20(13(4)12(15)3)16-9-11(2)14(18)10-17(16)21-5/h9-10,12-13,15,19H,6-8H2,1-5H3. The van der Waals surface area contributed by atoms with Crippen molar-refractivity contribution in [3.63, 3.8) is 0 Å². The summed E-state index contributed by atoms with van der Waals surface area (Å²) < 4.78 is 5.55. The van der Waals surface area contributed by atoms with Gasteiger partial charge in [-0.1, -0.05) is 25.4 Å². The predicted octanol–water partition coefficient (Wildman–Crippen LogP) is 3.87. The first kappa shape index (κ1) is 16.4. The first-order chi connectivity index (χ1) is 9.99. The van der Waals surface area contributed by atoms with Crippen molar-refractivity contribution in [2.45, 2.75) is 46.2 Å². The van der Waals surface area contributed by atoms with E-state index in [1.807, 2.05) is 13.0 Å². The SMILES string of the molecule is CCNC1CCN(c2cc(C)c(Cl)cc2OC)C(C)C1C. The van der Waals surface area contributed by atoms with Gasteiger partial charge in [0.1, 0.15) is 5.75 Å². The number of hydrogen-bond donors (Lipinski definition) is 1. The van der Waals surface area contributed by atoms with Crippen molar-refractivity contribution in [2.75, 3.05) is 25.1 Å². The highest BCUT2D eigenvalue weighted by molar-refractivity contribution is 6.31. The molecule has 0 aromatic heterocycles. The quantitative estimate of drug-likeness (QED) is 0.913. The number of aryl methyl sites for hydroxylation is 1. The molecule has 3 atom stereocenters.